The van der Waals surface area contributed by atoms with Crippen molar-refractivity contribution in [2.24, 2.45) is 0 Å². The summed E-state index contributed by atoms with van der Waals surface area (Å²) in [5, 5.41) is 46.5. The summed E-state index contributed by atoms with van der Waals surface area (Å²) in [6.45, 7) is 5.33. The topological polar surface area (TPSA) is 104 Å². The van der Waals surface area contributed by atoms with Crippen molar-refractivity contribution in [2.75, 3.05) is 20.2 Å². The summed E-state index contributed by atoms with van der Waals surface area (Å²) in [5.74, 6) is 0. The van der Waals surface area contributed by atoms with Crippen LogP contribution >= 0.6 is 0 Å². The zero-order chi connectivity index (χ0) is 13.8. The third-order valence-corrected chi connectivity index (χ3v) is 2.93. The Balaban J connectivity index is 4.36. The molecule has 0 aliphatic heterocycles. The number of likely N-dealkylation sites (N-methyl/N-ethyl adjacent to an activating group) is 1. The molecule has 0 bridgehead atoms. The van der Waals surface area contributed by atoms with E-state index in [9.17, 15) is 15.3 Å². The molecule has 0 amide bonds. The highest BCUT2D eigenvalue weighted by molar-refractivity contribution is 4.84. The van der Waals surface area contributed by atoms with E-state index in [2.05, 4.69) is 0 Å². The van der Waals surface area contributed by atoms with Crippen molar-refractivity contribution in [1.82, 2.24) is 4.90 Å². The molecule has 0 aromatic rings. The van der Waals surface area contributed by atoms with Crippen LogP contribution in [0.1, 0.15) is 20.8 Å². The lowest BCUT2D eigenvalue weighted by Gasteiger charge is -2.35. The van der Waals surface area contributed by atoms with E-state index in [1.54, 1.807) is 7.05 Å². The molecule has 0 aromatic heterocycles. The van der Waals surface area contributed by atoms with Gasteiger partial charge in [-0.05, 0) is 27.8 Å². The van der Waals surface area contributed by atoms with Gasteiger partial charge in [-0.3, -0.25) is 4.90 Å². The van der Waals surface area contributed by atoms with Gasteiger partial charge in [0.2, 0.25) is 0 Å². The molecule has 0 rings (SSSR count). The van der Waals surface area contributed by atoms with Gasteiger partial charge in [0, 0.05) is 12.1 Å². The predicted octanol–water partition coefficient (Wildman–Crippen LogP) is -1.85. The van der Waals surface area contributed by atoms with E-state index in [1.807, 2.05) is 25.7 Å². The number of β-amino-alcohol motifs (C(OH)–C–C–N with tert-alkyl or cyclic N) is 1. The Morgan fingerprint density at radius 2 is 1.35 bits per heavy atom. The van der Waals surface area contributed by atoms with Gasteiger partial charge in [0.25, 0.3) is 0 Å². The quantitative estimate of drug-likeness (QED) is 0.380. The lowest BCUT2D eigenvalue weighted by atomic mass is 10.0. The largest absolute Gasteiger partial charge is 0.394 e. The van der Waals surface area contributed by atoms with Crippen molar-refractivity contribution in [3.63, 3.8) is 0 Å². The molecule has 0 fully saturated rings. The first-order chi connectivity index (χ1) is 7.61. The molecule has 6 nitrogen and oxygen atoms in total. The van der Waals surface area contributed by atoms with Crippen molar-refractivity contribution < 1.29 is 25.5 Å². The van der Waals surface area contributed by atoms with E-state index < -0.39 is 31.0 Å². The zero-order valence-corrected chi connectivity index (χ0v) is 10.9. The summed E-state index contributed by atoms with van der Waals surface area (Å²) in [6.07, 6.45) is -5.72. The van der Waals surface area contributed by atoms with Gasteiger partial charge in [-0.2, -0.15) is 0 Å². The second-order valence-electron chi connectivity index (χ2n) is 5.35. The summed E-state index contributed by atoms with van der Waals surface area (Å²) < 4.78 is 0. The van der Waals surface area contributed by atoms with Crippen molar-refractivity contribution >= 4 is 0 Å². The minimum absolute atomic E-state index is 0.153. The average molecular weight is 251 g/mol. The molecule has 0 aromatic carbocycles. The third kappa shape index (κ3) is 5.29. The number of nitrogens with zero attached hydrogens (tertiary/aromatic N) is 1. The lowest BCUT2D eigenvalue weighted by molar-refractivity contribution is -0.121. The van der Waals surface area contributed by atoms with Crippen LogP contribution in [0.5, 0.6) is 0 Å². The van der Waals surface area contributed by atoms with Crippen LogP contribution in [0.25, 0.3) is 0 Å². The summed E-state index contributed by atoms with van der Waals surface area (Å²) in [7, 11) is 1.78. The Kier molecular flexibility index (Phi) is 6.53. The molecule has 6 heteroatoms. The number of aliphatic hydroxyl groups is 5. The van der Waals surface area contributed by atoms with Crippen molar-refractivity contribution in [2.45, 2.75) is 50.7 Å². The van der Waals surface area contributed by atoms with Gasteiger partial charge < -0.3 is 25.5 Å². The highest BCUT2D eigenvalue weighted by Gasteiger charge is 2.32. The molecule has 17 heavy (non-hydrogen) atoms. The van der Waals surface area contributed by atoms with Gasteiger partial charge in [-0.15, -0.1) is 0 Å². The molecule has 104 valence electrons. The van der Waals surface area contributed by atoms with Crippen LogP contribution in [0.3, 0.4) is 0 Å². The zero-order valence-electron chi connectivity index (χ0n) is 10.9. The Morgan fingerprint density at radius 3 is 1.71 bits per heavy atom. The lowest BCUT2D eigenvalue weighted by Crippen LogP contribution is -2.51. The predicted molar refractivity (Wildman–Crippen MR) is 63.5 cm³/mol. The second-order valence-corrected chi connectivity index (χ2v) is 5.35. The SMILES string of the molecule is CN(CC(O)C(O)C(O)C(O)CO)C(C)(C)C. The summed E-state index contributed by atoms with van der Waals surface area (Å²) in [5.41, 5.74) is -0.179. The molecule has 0 spiro atoms. The fourth-order valence-corrected chi connectivity index (χ4v) is 1.23. The first kappa shape index (κ1) is 16.8. The van der Waals surface area contributed by atoms with Crippen molar-refractivity contribution in [3.8, 4) is 0 Å². The summed E-state index contributed by atoms with van der Waals surface area (Å²) >= 11 is 0. The molecule has 4 unspecified atom stereocenters. The minimum atomic E-state index is -1.57. The monoisotopic (exact) mass is 251 g/mol. The maximum absolute atomic E-state index is 9.72. The van der Waals surface area contributed by atoms with E-state index >= 15 is 0 Å². The van der Waals surface area contributed by atoms with Gasteiger partial charge in [0.1, 0.15) is 18.3 Å². The Labute approximate surface area is 102 Å². The first-order valence-corrected chi connectivity index (χ1v) is 5.65. The number of rotatable bonds is 6. The summed E-state index contributed by atoms with van der Waals surface area (Å²) in [6, 6.07) is 0. The smallest absolute Gasteiger partial charge is 0.111 e. The molecular weight excluding hydrogens is 226 g/mol. The molecule has 0 aliphatic carbocycles. The van der Waals surface area contributed by atoms with Gasteiger partial charge in [0.15, 0.2) is 0 Å². The molecule has 0 aliphatic rings. The highest BCUT2D eigenvalue weighted by atomic mass is 16.4. The fraction of sp³-hybridized carbons (Fsp3) is 1.00. The molecule has 0 saturated heterocycles. The van der Waals surface area contributed by atoms with Crippen LogP contribution in [0.2, 0.25) is 0 Å². The number of aliphatic hydroxyl groups excluding tert-OH is 5. The first-order valence-electron chi connectivity index (χ1n) is 5.65. The highest BCUT2D eigenvalue weighted by Crippen LogP contribution is 2.13. The van der Waals surface area contributed by atoms with Crippen molar-refractivity contribution in [3.05, 3.63) is 0 Å². The molecule has 0 heterocycles. The number of hydrogen-bond donors (Lipinski definition) is 5. The Hall–Kier alpha value is -0.240. The van der Waals surface area contributed by atoms with E-state index in [-0.39, 0.29) is 12.1 Å². The Bertz CT molecular complexity index is 218. The average Bonchev–Trinajstić information content (AvgIpc) is 2.24. The van der Waals surface area contributed by atoms with Gasteiger partial charge in [-0.1, -0.05) is 0 Å². The van der Waals surface area contributed by atoms with Crippen LogP contribution in [-0.2, 0) is 0 Å². The van der Waals surface area contributed by atoms with Gasteiger partial charge in [0.05, 0.1) is 12.7 Å². The molecular formula is C11H25NO5. The molecule has 5 N–H and O–H groups in total. The van der Waals surface area contributed by atoms with E-state index in [4.69, 9.17) is 10.2 Å². The maximum atomic E-state index is 9.72. The molecule has 0 saturated carbocycles. The van der Waals surface area contributed by atoms with E-state index in [0.717, 1.165) is 0 Å². The number of hydrogen-bond acceptors (Lipinski definition) is 6. The van der Waals surface area contributed by atoms with Crippen LogP contribution < -0.4 is 0 Å². The minimum Gasteiger partial charge on any atom is -0.394 e. The maximum Gasteiger partial charge on any atom is 0.111 e. The van der Waals surface area contributed by atoms with E-state index in [0.29, 0.717) is 0 Å². The van der Waals surface area contributed by atoms with E-state index in [1.165, 1.54) is 0 Å². The molecule has 0 radical (unpaired) electrons. The second kappa shape index (κ2) is 6.63. The van der Waals surface area contributed by atoms with Gasteiger partial charge >= 0.3 is 0 Å². The van der Waals surface area contributed by atoms with Crippen molar-refractivity contribution in [1.29, 1.82) is 0 Å². The van der Waals surface area contributed by atoms with Crippen LogP contribution in [0.15, 0.2) is 0 Å². The van der Waals surface area contributed by atoms with Crippen LogP contribution in [0.4, 0.5) is 0 Å². The third-order valence-electron chi connectivity index (χ3n) is 2.93. The van der Waals surface area contributed by atoms with Gasteiger partial charge in [-0.25, -0.2) is 0 Å². The van der Waals surface area contributed by atoms with Crippen LogP contribution in [-0.4, -0.2) is 80.6 Å². The Morgan fingerprint density at radius 1 is 0.941 bits per heavy atom. The normalized spacial score (nSPS) is 20.1. The fourth-order valence-electron chi connectivity index (χ4n) is 1.23. The molecule has 4 atom stereocenters. The van der Waals surface area contributed by atoms with Crippen LogP contribution in [0, 0.1) is 0 Å². The summed E-state index contributed by atoms with van der Waals surface area (Å²) in [4.78, 5) is 1.82. The standard InChI is InChI=1S/C11H25NO5/c1-11(2,3)12(4)5-7(14)9(16)10(17)8(15)6-13/h7-10,13-17H,5-6H2,1-4H3.